The Bertz CT molecular complexity index is 598. The molecule has 21 heavy (non-hydrogen) atoms. The van der Waals surface area contributed by atoms with E-state index < -0.39 is 10.0 Å². The lowest BCUT2D eigenvalue weighted by Crippen LogP contribution is -2.51. The number of amides is 1. The second-order valence-corrected chi connectivity index (χ2v) is 7.08. The number of nitrogens with zero attached hydrogens (tertiary/aromatic N) is 1. The summed E-state index contributed by atoms with van der Waals surface area (Å²) >= 11 is 0. The predicted molar refractivity (Wildman–Crippen MR) is 81.6 cm³/mol. The molecule has 0 aliphatic carbocycles. The van der Waals surface area contributed by atoms with Crippen molar-refractivity contribution in [3.05, 3.63) is 24.3 Å². The van der Waals surface area contributed by atoms with Gasteiger partial charge < -0.3 is 10.6 Å². The van der Waals surface area contributed by atoms with Crippen molar-refractivity contribution < 1.29 is 13.2 Å². The molecule has 0 saturated carbocycles. The quantitative estimate of drug-likeness (QED) is 0.870. The van der Waals surface area contributed by atoms with E-state index in [1.165, 1.54) is 16.4 Å². The molecular weight excluding hydrogens is 290 g/mol. The largest absolute Gasteiger partial charge is 0.326 e. The van der Waals surface area contributed by atoms with Gasteiger partial charge in [0, 0.05) is 37.8 Å². The molecule has 1 atom stereocenters. The van der Waals surface area contributed by atoms with Crippen molar-refractivity contribution in [2.45, 2.75) is 31.2 Å². The number of piperazine rings is 1. The average molecular weight is 311 g/mol. The van der Waals surface area contributed by atoms with Gasteiger partial charge in [-0.3, -0.25) is 4.79 Å². The molecule has 1 fully saturated rings. The van der Waals surface area contributed by atoms with E-state index in [9.17, 15) is 13.2 Å². The van der Waals surface area contributed by atoms with E-state index in [0.717, 1.165) is 0 Å². The number of hydrogen-bond donors (Lipinski definition) is 2. The van der Waals surface area contributed by atoms with E-state index in [4.69, 9.17) is 0 Å². The van der Waals surface area contributed by atoms with Gasteiger partial charge in [0.2, 0.25) is 15.9 Å². The van der Waals surface area contributed by atoms with E-state index in [1.807, 2.05) is 6.92 Å². The third-order valence-corrected chi connectivity index (χ3v) is 5.31. The lowest BCUT2D eigenvalue weighted by molar-refractivity contribution is -0.115. The maximum Gasteiger partial charge on any atom is 0.243 e. The molecule has 6 nitrogen and oxygen atoms in total. The van der Waals surface area contributed by atoms with Gasteiger partial charge in [0.15, 0.2) is 0 Å². The van der Waals surface area contributed by atoms with Gasteiger partial charge in [0.1, 0.15) is 0 Å². The predicted octanol–water partition coefficient (Wildman–Crippen LogP) is 1.02. The Morgan fingerprint density at radius 3 is 2.62 bits per heavy atom. The highest BCUT2D eigenvalue weighted by Crippen LogP contribution is 2.19. The number of carbonyl (C=O) groups excluding carboxylic acids is 1. The average Bonchev–Trinajstić information content (AvgIpc) is 2.47. The molecule has 2 rings (SSSR count). The molecule has 1 saturated heterocycles. The first-order chi connectivity index (χ1) is 9.93. The van der Waals surface area contributed by atoms with Crippen molar-refractivity contribution in [1.29, 1.82) is 0 Å². The Morgan fingerprint density at radius 2 is 2.05 bits per heavy atom. The van der Waals surface area contributed by atoms with Gasteiger partial charge in [-0.05, 0) is 31.2 Å². The van der Waals surface area contributed by atoms with Crippen LogP contribution in [0.3, 0.4) is 0 Å². The number of carbonyl (C=O) groups is 1. The van der Waals surface area contributed by atoms with Crippen LogP contribution in [0.15, 0.2) is 29.2 Å². The molecule has 1 unspecified atom stereocenters. The first kappa shape index (κ1) is 15.9. The van der Waals surface area contributed by atoms with Crippen molar-refractivity contribution in [3.8, 4) is 0 Å². The van der Waals surface area contributed by atoms with E-state index in [2.05, 4.69) is 10.6 Å². The second-order valence-electron chi connectivity index (χ2n) is 5.14. The van der Waals surface area contributed by atoms with Crippen LogP contribution in [0.2, 0.25) is 0 Å². The Kier molecular flexibility index (Phi) is 4.97. The van der Waals surface area contributed by atoms with Crippen molar-refractivity contribution in [1.82, 2.24) is 9.62 Å². The van der Waals surface area contributed by atoms with Crippen molar-refractivity contribution in [3.63, 3.8) is 0 Å². The van der Waals surface area contributed by atoms with Crippen molar-refractivity contribution >= 4 is 21.6 Å². The molecular formula is C14H21N3O3S. The Labute approximate surface area is 125 Å². The first-order valence-electron chi connectivity index (χ1n) is 7.07. The van der Waals surface area contributed by atoms with Gasteiger partial charge in [0.05, 0.1) is 4.90 Å². The van der Waals surface area contributed by atoms with Crippen LogP contribution in [0.5, 0.6) is 0 Å². The summed E-state index contributed by atoms with van der Waals surface area (Å²) in [6.07, 6.45) is 0.388. The molecule has 116 valence electrons. The van der Waals surface area contributed by atoms with Crippen LogP contribution in [0.4, 0.5) is 5.69 Å². The molecule has 1 amide bonds. The summed E-state index contributed by atoms with van der Waals surface area (Å²) in [7, 11) is -3.47. The summed E-state index contributed by atoms with van der Waals surface area (Å²) < 4.78 is 26.6. The minimum atomic E-state index is -3.47. The number of anilines is 1. The molecule has 1 heterocycles. The Balaban J connectivity index is 2.15. The Morgan fingerprint density at radius 1 is 1.38 bits per heavy atom. The smallest absolute Gasteiger partial charge is 0.243 e. The Hall–Kier alpha value is -1.44. The third kappa shape index (κ3) is 3.81. The summed E-state index contributed by atoms with van der Waals surface area (Å²) in [4.78, 5) is 11.6. The lowest BCUT2D eigenvalue weighted by Gasteiger charge is -2.31. The third-order valence-electron chi connectivity index (χ3n) is 3.43. The van der Waals surface area contributed by atoms with Gasteiger partial charge in [-0.25, -0.2) is 8.42 Å². The zero-order valence-electron chi connectivity index (χ0n) is 12.3. The van der Waals surface area contributed by atoms with Crippen LogP contribution in [0, 0.1) is 0 Å². The zero-order valence-corrected chi connectivity index (χ0v) is 13.1. The van der Waals surface area contributed by atoms with Crippen LogP contribution >= 0.6 is 0 Å². The normalized spacial score (nSPS) is 20.2. The summed E-state index contributed by atoms with van der Waals surface area (Å²) in [6, 6.07) is 6.45. The number of hydrogen-bond acceptors (Lipinski definition) is 4. The van der Waals surface area contributed by atoms with Gasteiger partial charge in [0.25, 0.3) is 0 Å². The molecule has 1 aliphatic heterocycles. The lowest BCUT2D eigenvalue weighted by atomic mass is 10.3. The first-order valence-corrected chi connectivity index (χ1v) is 8.51. The fourth-order valence-corrected chi connectivity index (χ4v) is 3.75. The molecule has 7 heteroatoms. The van der Waals surface area contributed by atoms with Crippen LogP contribution in [-0.4, -0.2) is 44.3 Å². The number of nitrogens with one attached hydrogen (secondary N) is 2. The van der Waals surface area contributed by atoms with E-state index in [1.54, 1.807) is 19.1 Å². The van der Waals surface area contributed by atoms with Crippen LogP contribution in [0.25, 0.3) is 0 Å². The van der Waals surface area contributed by atoms with Crippen LogP contribution in [0.1, 0.15) is 20.3 Å². The molecule has 0 aromatic heterocycles. The minimum absolute atomic E-state index is 0.0958. The molecule has 1 aliphatic rings. The second kappa shape index (κ2) is 6.55. The van der Waals surface area contributed by atoms with Gasteiger partial charge in [-0.1, -0.05) is 6.92 Å². The SMILES string of the molecule is CCC(=O)Nc1ccc(S(=O)(=O)N2CCNC(C)C2)cc1. The van der Waals surface area contributed by atoms with E-state index in [0.29, 0.717) is 31.7 Å². The molecule has 0 radical (unpaired) electrons. The molecule has 0 spiro atoms. The summed E-state index contributed by atoms with van der Waals surface area (Å²) in [5, 5.41) is 5.92. The molecule has 1 aromatic rings. The summed E-state index contributed by atoms with van der Waals surface area (Å²) in [5.41, 5.74) is 0.606. The molecule has 2 N–H and O–H groups in total. The molecule has 1 aromatic carbocycles. The highest BCUT2D eigenvalue weighted by Gasteiger charge is 2.28. The highest BCUT2D eigenvalue weighted by molar-refractivity contribution is 7.89. The number of rotatable bonds is 4. The maximum absolute atomic E-state index is 12.5. The van der Waals surface area contributed by atoms with Crippen LogP contribution in [-0.2, 0) is 14.8 Å². The van der Waals surface area contributed by atoms with E-state index >= 15 is 0 Å². The van der Waals surface area contributed by atoms with Crippen LogP contribution < -0.4 is 10.6 Å². The van der Waals surface area contributed by atoms with Gasteiger partial charge in [-0.15, -0.1) is 0 Å². The summed E-state index contributed by atoms with van der Waals surface area (Å²) in [5.74, 6) is -0.0958. The topological polar surface area (TPSA) is 78.5 Å². The van der Waals surface area contributed by atoms with Crippen molar-refractivity contribution in [2.24, 2.45) is 0 Å². The van der Waals surface area contributed by atoms with Gasteiger partial charge in [-0.2, -0.15) is 4.31 Å². The standard InChI is InChI=1S/C14H21N3O3S/c1-3-14(18)16-12-4-6-13(7-5-12)21(19,20)17-9-8-15-11(2)10-17/h4-7,11,15H,3,8-10H2,1-2H3,(H,16,18). The van der Waals surface area contributed by atoms with E-state index in [-0.39, 0.29) is 16.8 Å². The summed E-state index contributed by atoms with van der Waals surface area (Å²) in [6.45, 7) is 5.33. The highest BCUT2D eigenvalue weighted by atomic mass is 32.2. The zero-order chi connectivity index (χ0) is 15.5. The van der Waals surface area contributed by atoms with Crippen molar-refractivity contribution in [2.75, 3.05) is 25.0 Å². The van der Waals surface area contributed by atoms with Gasteiger partial charge >= 0.3 is 0 Å². The maximum atomic E-state index is 12.5. The molecule has 0 bridgehead atoms. The monoisotopic (exact) mass is 311 g/mol. The number of sulfonamides is 1. The number of benzene rings is 1. The minimum Gasteiger partial charge on any atom is -0.326 e. The fourth-order valence-electron chi connectivity index (χ4n) is 2.22. The fraction of sp³-hybridized carbons (Fsp3) is 0.500.